The Balaban J connectivity index is 1.04. The molecule has 0 unspecified atom stereocenters. The third-order valence-electron chi connectivity index (χ3n) is 13.0. The minimum Gasteiger partial charge on any atom is -0.310 e. The molecular formula is C64H43N. The Morgan fingerprint density at radius 2 is 0.615 bits per heavy atom. The van der Waals surface area contributed by atoms with E-state index in [1.165, 1.54) is 93.2 Å². The summed E-state index contributed by atoms with van der Waals surface area (Å²) in [6.45, 7) is 0. The summed E-state index contributed by atoms with van der Waals surface area (Å²) in [7, 11) is 0. The number of rotatable bonds is 8. The summed E-state index contributed by atoms with van der Waals surface area (Å²) in [5, 5.41) is 9.97. The van der Waals surface area contributed by atoms with E-state index in [1.54, 1.807) is 0 Å². The molecule has 0 aromatic heterocycles. The maximum atomic E-state index is 2.42. The van der Waals surface area contributed by atoms with Gasteiger partial charge in [0.1, 0.15) is 0 Å². The fourth-order valence-electron chi connectivity index (χ4n) is 10.0. The van der Waals surface area contributed by atoms with Crippen LogP contribution in [0.4, 0.5) is 17.1 Å². The van der Waals surface area contributed by atoms with Crippen molar-refractivity contribution >= 4 is 60.2 Å². The lowest BCUT2D eigenvalue weighted by Gasteiger charge is -2.27. The van der Waals surface area contributed by atoms with E-state index >= 15 is 0 Å². The average molecular weight is 826 g/mol. The highest BCUT2D eigenvalue weighted by molar-refractivity contribution is 6.22. The fraction of sp³-hybridized carbons (Fsp3) is 0. The molecule has 12 rings (SSSR count). The lowest BCUT2D eigenvalue weighted by Crippen LogP contribution is -2.10. The summed E-state index contributed by atoms with van der Waals surface area (Å²) < 4.78 is 0. The fourth-order valence-corrected chi connectivity index (χ4v) is 10.0. The molecule has 12 aromatic carbocycles. The van der Waals surface area contributed by atoms with E-state index in [0.717, 1.165) is 22.6 Å². The molecule has 304 valence electrons. The van der Waals surface area contributed by atoms with Gasteiger partial charge in [0.2, 0.25) is 0 Å². The molecule has 0 bridgehead atoms. The zero-order chi connectivity index (χ0) is 43.1. The molecule has 0 heterocycles. The molecule has 65 heavy (non-hydrogen) atoms. The molecule has 0 aliphatic rings. The van der Waals surface area contributed by atoms with E-state index < -0.39 is 0 Å². The van der Waals surface area contributed by atoms with Crippen molar-refractivity contribution in [3.63, 3.8) is 0 Å². The van der Waals surface area contributed by atoms with Gasteiger partial charge in [-0.2, -0.15) is 0 Å². The molecule has 0 N–H and O–H groups in total. The molecule has 0 fully saturated rings. The van der Waals surface area contributed by atoms with Gasteiger partial charge in [0, 0.05) is 17.1 Å². The summed E-state index contributed by atoms with van der Waals surface area (Å²) in [6, 6.07) is 95.3. The SMILES string of the molecule is c1ccc(-c2c(-c3ccccc3)c3cc(-c4cccc(N(c5ccc(-c6cccc7ccccc67)cc5)c5cccc(-c6cccc7ccccc67)c5)c4)ccc3c3ccccc23)cc1. The van der Waals surface area contributed by atoms with Crippen LogP contribution in [-0.2, 0) is 0 Å². The highest BCUT2D eigenvalue weighted by Gasteiger charge is 2.20. The van der Waals surface area contributed by atoms with E-state index in [4.69, 9.17) is 0 Å². The molecule has 0 amide bonds. The van der Waals surface area contributed by atoms with Crippen LogP contribution < -0.4 is 4.90 Å². The Morgan fingerprint density at radius 1 is 0.200 bits per heavy atom. The molecule has 1 heteroatoms. The number of fused-ring (bicyclic) bond motifs is 5. The number of nitrogens with zero attached hydrogens (tertiary/aromatic N) is 1. The molecule has 1 nitrogen and oxygen atoms in total. The van der Waals surface area contributed by atoms with Crippen LogP contribution in [0.15, 0.2) is 261 Å². The van der Waals surface area contributed by atoms with Gasteiger partial charge in [-0.25, -0.2) is 0 Å². The third kappa shape index (κ3) is 6.92. The lowest BCUT2D eigenvalue weighted by molar-refractivity contribution is 1.28. The van der Waals surface area contributed by atoms with E-state index in [9.17, 15) is 0 Å². The monoisotopic (exact) mass is 825 g/mol. The highest BCUT2D eigenvalue weighted by atomic mass is 15.1. The van der Waals surface area contributed by atoms with Crippen LogP contribution in [0.5, 0.6) is 0 Å². The maximum Gasteiger partial charge on any atom is 0.0467 e. The van der Waals surface area contributed by atoms with Gasteiger partial charge in [-0.15, -0.1) is 0 Å². The van der Waals surface area contributed by atoms with Gasteiger partial charge in [0.15, 0.2) is 0 Å². The topological polar surface area (TPSA) is 3.24 Å². The zero-order valence-electron chi connectivity index (χ0n) is 35.8. The minimum absolute atomic E-state index is 1.09. The number of hydrogen-bond donors (Lipinski definition) is 0. The van der Waals surface area contributed by atoms with Crippen LogP contribution >= 0.6 is 0 Å². The van der Waals surface area contributed by atoms with Gasteiger partial charge in [-0.1, -0.05) is 218 Å². The van der Waals surface area contributed by atoms with Crippen molar-refractivity contribution in [1.29, 1.82) is 0 Å². The first-order chi connectivity index (χ1) is 32.2. The van der Waals surface area contributed by atoms with Gasteiger partial charge in [0.05, 0.1) is 0 Å². The summed E-state index contributed by atoms with van der Waals surface area (Å²) in [6.07, 6.45) is 0. The third-order valence-corrected chi connectivity index (χ3v) is 13.0. The Labute approximate surface area is 379 Å². The predicted octanol–water partition coefficient (Wildman–Crippen LogP) is 18.1. The first-order valence-electron chi connectivity index (χ1n) is 22.4. The molecule has 0 aliphatic carbocycles. The number of benzene rings is 12. The second kappa shape index (κ2) is 16.3. The van der Waals surface area contributed by atoms with Crippen molar-refractivity contribution in [2.24, 2.45) is 0 Å². The van der Waals surface area contributed by atoms with Crippen molar-refractivity contribution in [3.8, 4) is 55.6 Å². The van der Waals surface area contributed by atoms with Crippen molar-refractivity contribution in [3.05, 3.63) is 261 Å². The second-order valence-electron chi connectivity index (χ2n) is 16.8. The average Bonchev–Trinajstić information content (AvgIpc) is 3.39. The normalized spacial score (nSPS) is 11.4. The zero-order valence-corrected chi connectivity index (χ0v) is 35.8. The molecule has 0 atom stereocenters. The van der Waals surface area contributed by atoms with E-state index in [2.05, 4.69) is 266 Å². The lowest BCUT2D eigenvalue weighted by atomic mass is 9.84. The Hall–Kier alpha value is -8.52. The Kier molecular flexibility index (Phi) is 9.58. The van der Waals surface area contributed by atoms with Crippen LogP contribution in [-0.4, -0.2) is 0 Å². The van der Waals surface area contributed by atoms with Crippen LogP contribution in [0.3, 0.4) is 0 Å². The van der Waals surface area contributed by atoms with Crippen molar-refractivity contribution in [1.82, 2.24) is 0 Å². The van der Waals surface area contributed by atoms with Gasteiger partial charge in [-0.3, -0.25) is 0 Å². The number of anilines is 3. The highest BCUT2D eigenvalue weighted by Crippen LogP contribution is 2.46. The summed E-state index contributed by atoms with van der Waals surface area (Å²) >= 11 is 0. The van der Waals surface area contributed by atoms with Crippen molar-refractivity contribution in [2.75, 3.05) is 4.90 Å². The smallest absolute Gasteiger partial charge is 0.0467 e. The van der Waals surface area contributed by atoms with Crippen LogP contribution in [0.25, 0.3) is 98.7 Å². The van der Waals surface area contributed by atoms with Gasteiger partial charge < -0.3 is 4.90 Å². The van der Waals surface area contributed by atoms with E-state index in [1.807, 2.05) is 0 Å². The van der Waals surface area contributed by atoms with Crippen LogP contribution in [0, 0.1) is 0 Å². The molecule has 0 spiro atoms. The van der Waals surface area contributed by atoms with E-state index in [0.29, 0.717) is 0 Å². The molecule has 0 radical (unpaired) electrons. The van der Waals surface area contributed by atoms with E-state index in [-0.39, 0.29) is 0 Å². The molecule has 0 saturated heterocycles. The Morgan fingerprint density at radius 3 is 1.25 bits per heavy atom. The summed E-state index contributed by atoms with van der Waals surface area (Å²) in [5.41, 5.74) is 15.3. The maximum absolute atomic E-state index is 2.42. The predicted molar refractivity (Wildman–Crippen MR) is 278 cm³/mol. The second-order valence-corrected chi connectivity index (χ2v) is 16.8. The first kappa shape index (κ1) is 38.2. The van der Waals surface area contributed by atoms with Gasteiger partial charge in [-0.05, 0) is 141 Å². The van der Waals surface area contributed by atoms with Crippen molar-refractivity contribution in [2.45, 2.75) is 0 Å². The largest absolute Gasteiger partial charge is 0.310 e. The molecule has 0 aliphatic heterocycles. The first-order valence-corrected chi connectivity index (χ1v) is 22.4. The standard InChI is InChI=1S/C64H43N/c1-3-19-47(20-4-1)63-61-32-12-11-31-59(61)60-40-37-50(43-62(60)64(63)48-21-5-2-6-22-48)49-25-13-27-53(41-49)65(52-38-35-46(36-39-52)57-33-15-23-44-17-7-9-29-55(44)57)54-28-14-26-51(42-54)58-34-16-24-45-18-8-10-30-56(45)58/h1-43H. The van der Waals surface area contributed by atoms with Crippen LogP contribution in [0.1, 0.15) is 0 Å². The molecular weight excluding hydrogens is 783 g/mol. The van der Waals surface area contributed by atoms with Gasteiger partial charge >= 0.3 is 0 Å². The summed E-state index contributed by atoms with van der Waals surface area (Å²) in [5.74, 6) is 0. The molecule has 12 aromatic rings. The number of hydrogen-bond acceptors (Lipinski definition) is 1. The Bertz CT molecular complexity index is 3690. The quantitative estimate of drug-likeness (QED) is 0.138. The van der Waals surface area contributed by atoms with Gasteiger partial charge in [0.25, 0.3) is 0 Å². The minimum atomic E-state index is 1.09. The molecule has 0 saturated carbocycles. The summed E-state index contributed by atoms with van der Waals surface area (Å²) in [4.78, 5) is 2.41. The van der Waals surface area contributed by atoms with Crippen LogP contribution in [0.2, 0.25) is 0 Å². The van der Waals surface area contributed by atoms with Crippen molar-refractivity contribution < 1.29 is 0 Å².